The lowest BCUT2D eigenvalue weighted by molar-refractivity contribution is -0.131. The number of hydrogen-bond acceptors (Lipinski definition) is 4. The molecule has 1 aromatic carbocycles. The Balaban J connectivity index is 2.04. The molecule has 2 rings (SSSR count). The van der Waals surface area contributed by atoms with Gasteiger partial charge in [-0.1, -0.05) is 6.07 Å². The van der Waals surface area contributed by atoms with E-state index in [0.717, 1.165) is 5.56 Å². The van der Waals surface area contributed by atoms with Gasteiger partial charge in [0.2, 0.25) is 13.1 Å². The number of fused-ring (bicyclic) bond motifs is 1. The van der Waals surface area contributed by atoms with Gasteiger partial charge in [-0.2, -0.15) is 0 Å². The lowest BCUT2D eigenvalue weighted by atomic mass is 10.2. The zero-order valence-electron chi connectivity index (χ0n) is 7.86. The summed E-state index contributed by atoms with van der Waals surface area (Å²) in [5.41, 5.74) is 0.856. The molecule has 1 aliphatic heterocycles. The first-order chi connectivity index (χ1) is 7.29. The highest BCUT2D eigenvalue weighted by molar-refractivity contribution is 6.23. The van der Waals surface area contributed by atoms with Crippen molar-refractivity contribution in [3.05, 3.63) is 23.8 Å². The Morgan fingerprint density at radius 2 is 2.20 bits per heavy atom. The second kappa shape index (κ2) is 4.00. The topological polar surface area (TPSA) is 64.6 Å². The minimum atomic E-state index is -0.632. The van der Waals surface area contributed by atoms with Crippen LogP contribution in [-0.2, 0) is 16.1 Å². The standard InChI is InChI=1S/C10H9NO4/c12-5-10(13)11-4-7-1-2-8-9(3-7)15-6-14-8/h1-3,5H,4,6H2,(H,11,13). The fraction of sp³-hybridized carbons (Fsp3) is 0.200. The SMILES string of the molecule is O=CC(=O)NCc1ccc2c(c1)OCO2. The maximum Gasteiger partial charge on any atom is 0.284 e. The minimum absolute atomic E-state index is 0.222. The van der Waals surface area contributed by atoms with Crippen LogP contribution in [0.1, 0.15) is 5.56 Å². The molecular formula is C10H9NO4. The van der Waals surface area contributed by atoms with Gasteiger partial charge in [0.1, 0.15) is 0 Å². The predicted octanol–water partition coefficient (Wildman–Crippen LogP) is 0.230. The Kier molecular flexibility index (Phi) is 2.53. The van der Waals surface area contributed by atoms with Gasteiger partial charge in [-0.15, -0.1) is 0 Å². The summed E-state index contributed by atoms with van der Waals surface area (Å²) in [5, 5.41) is 2.44. The quantitative estimate of drug-likeness (QED) is 0.569. The Bertz CT molecular complexity index is 402. The summed E-state index contributed by atoms with van der Waals surface area (Å²) in [4.78, 5) is 20.7. The lowest BCUT2D eigenvalue weighted by Gasteiger charge is -2.02. The Morgan fingerprint density at radius 1 is 1.40 bits per heavy atom. The normalized spacial score (nSPS) is 12.3. The van der Waals surface area contributed by atoms with Crippen molar-refractivity contribution in [2.75, 3.05) is 6.79 Å². The average molecular weight is 207 g/mol. The van der Waals surface area contributed by atoms with E-state index in [2.05, 4.69) is 5.32 Å². The van der Waals surface area contributed by atoms with E-state index in [-0.39, 0.29) is 13.1 Å². The van der Waals surface area contributed by atoms with Crippen LogP contribution in [0.3, 0.4) is 0 Å². The zero-order chi connectivity index (χ0) is 10.7. The van der Waals surface area contributed by atoms with Crippen LogP contribution in [0.15, 0.2) is 18.2 Å². The minimum Gasteiger partial charge on any atom is -0.454 e. The van der Waals surface area contributed by atoms with E-state index in [1.54, 1.807) is 18.2 Å². The van der Waals surface area contributed by atoms with Crippen molar-refractivity contribution in [2.24, 2.45) is 0 Å². The van der Waals surface area contributed by atoms with Gasteiger partial charge in [-0.3, -0.25) is 9.59 Å². The molecule has 0 atom stereocenters. The number of aldehydes is 1. The molecule has 0 aromatic heterocycles. The van der Waals surface area contributed by atoms with Gasteiger partial charge < -0.3 is 14.8 Å². The smallest absolute Gasteiger partial charge is 0.284 e. The number of rotatable bonds is 3. The summed E-state index contributed by atoms with van der Waals surface area (Å²) in [7, 11) is 0. The van der Waals surface area contributed by atoms with Crippen LogP contribution in [0, 0.1) is 0 Å². The van der Waals surface area contributed by atoms with Crippen molar-refractivity contribution in [2.45, 2.75) is 6.54 Å². The van der Waals surface area contributed by atoms with Gasteiger partial charge in [-0.25, -0.2) is 0 Å². The largest absolute Gasteiger partial charge is 0.454 e. The Morgan fingerprint density at radius 3 is 3.00 bits per heavy atom. The highest BCUT2D eigenvalue weighted by atomic mass is 16.7. The van der Waals surface area contributed by atoms with Crippen LogP contribution in [0.2, 0.25) is 0 Å². The summed E-state index contributed by atoms with van der Waals surface area (Å²) in [6, 6.07) is 5.34. The summed E-state index contributed by atoms with van der Waals surface area (Å²) in [5.74, 6) is 0.723. The second-order valence-corrected chi connectivity index (χ2v) is 3.02. The maximum absolute atomic E-state index is 10.7. The van der Waals surface area contributed by atoms with Crippen LogP contribution >= 0.6 is 0 Å². The summed E-state index contributed by atoms with van der Waals surface area (Å²) in [6.45, 7) is 0.522. The fourth-order valence-electron chi connectivity index (χ4n) is 1.28. The number of carbonyl (C=O) groups excluding carboxylic acids is 2. The van der Waals surface area contributed by atoms with Crippen molar-refractivity contribution >= 4 is 12.2 Å². The van der Waals surface area contributed by atoms with E-state index < -0.39 is 5.91 Å². The van der Waals surface area contributed by atoms with Crippen molar-refractivity contribution in [3.8, 4) is 11.5 Å². The molecule has 0 aliphatic carbocycles. The molecule has 5 nitrogen and oxygen atoms in total. The van der Waals surface area contributed by atoms with Crippen LogP contribution in [0.25, 0.3) is 0 Å². The van der Waals surface area contributed by atoms with E-state index in [1.165, 1.54) is 0 Å². The number of benzene rings is 1. The van der Waals surface area contributed by atoms with Crippen LogP contribution in [0.4, 0.5) is 0 Å². The molecule has 0 bridgehead atoms. The van der Waals surface area contributed by atoms with Gasteiger partial charge in [0.15, 0.2) is 11.5 Å². The van der Waals surface area contributed by atoms with E-state index in [4.69, 9.17) is 9.47 Å². The van der Waals surface area contributed by atoms with E-state index in [1.807, 2.05) is 0 Å². The molecule has 0 spiro atoms. The van der Waals surface area contributed by atoms with Crippen molar-refractivity contribution < 1.29 is 19.1 Å². The molecule has 1 aliphatic rings. The molecule has 0 radical (unpaired) electrons. The summed E-state index contributed by atoms with van der Waals surface area (Å²) >= 11 is 0. The van der Waals surface area contributed by atoms with Crippen LogP contribution < -0.4 is 14.8 Å². The van der Waals surface area contributed by atoms with Gasteiger partial charge in [0.05, 0.1) is 0 Å². The van der Waals surface area contributed by atoms with E-state index in [0.29, 0.717) is 18.0 Å². The lowest BCUT2D eigenvalue weighted by Crippen LogP contribution is -2.23. The number of hydrogen-bond donors (Lipinski definition) is 1. The van der Waals surface area contributed by atoms with Crippen molar-refractivity contribution in [1.29, 1.82) is 0 Å². The van der Waals surface area contributed by atoms with Gasteiger partial charge in [0.25, 0.3) is 5.91 Å². The molecular weight excluding hydrogens is 198 g/mol. The van der Waals surface area contributed by atoms with E-state index >= 15 is 0 Å². The number of nitrogens with one attached hydrogen (secondary N) is 1. The van der Waals surface area contributed by atoms with Gasteiger partial charge in [-0.05, 0) is 17.7 Å². The predicted molar refractivity (Wildman–Crippen MR) is 50.5 cm³/mol. The molecule has 5 heteroatoms. The monoisotopic (exact) mass is 207 g/mol. The fourth-order valence-corrected chi connectivity index (χ4v) is 1.28. The maximum atomic E-state index is 10.7. The molecule has 1 heterocycles. The molecule has 1 amide bonds. The third kappa shape index (κ3) is 2.07. The van der Waals surface area contributed by atoms with Crippen LogP contribution in [-0.4, -0.2) is 19.0 Å². The van der Waals surface area contributed by atoms with Gasteiger partial charge >= 0.3 is 0 Å². The van der Waals surface area contributed by atoms with Crippen molar-refractivity contribution in [3.63, 3.8) is 0 Å². The molecule has 78 valence electrons. The second-order valence-electron chi connectivity index (χ2n) is 3.02. The van der Waals surface area contributed by atoms with Crippen molar-refractivity contribution in [1.82, 2.24) is 5.32 Å². The molecule has 0 saturated carbocycles. The first-order valence-electron chi connectivity index (χ1n) is 4.41. The molecule has 0 unspecified atom stereocenters. The molecule has 1 N–H and O–H groups in total. The number of amides is 1. The third-order valence-electron chi connectivity index (χ3n) is 2.01. The third-order valence-corrected chi connectivity index (χ3v) is 2.01. The number of ether oxygens (including phenoxy) is 2. The first-order valence-corrected chi connectivity index (χ1v) is 4.41. The summed E-state index contributed by atoms with van der Waals surface area (Å²) < 4.78 is 10.3. The number of carbonyl (C=O) groups is 2. The highest BCUT2D eigenvalue weighted by Crippen LogP contribution is 2.32. The zero-order valence-corrected chi connectivity index (χ0v) is 7.86. The Hall–Kier alpha value is -2.04. The van der Waals surface area contributed by atoms with E-state index in [9.17, 15) is 9.59 Å². The summed E-state index contributed by atoms with van der Waals surface area (Å²) in [6.07, 6.45) is 0.243. The Labute approximate surface area is 86.0 Å². The van der Waals surface area contributed by atoms with Gasteiger partial charge in [0, 0.05) is 6.54 Å². The molecule has 1 aromatic rings. The molecule has 0 saturated heterocycles. The average Bonchev–Trinajstić information content (AvgIpc) is 2.72. The molecule has 15 heavy (non-hydrogen) atoms. The first kappa shape index (κ1) is 9.51. The molecule has 0 fully saturated rings. The highest BCUT2D eigenvalue weighted by Gasteiger charge is 2.13. The van der Waals surface area contributed by atoms with Crippen LogP contribution in [0.5, 0.6) is 11.5 Å².